The third-order valence-corrected chi connectivity index (χ3v) is 5.61. The minimum atomic E-state index is -0.297. The molecular weight excluding hydrogens is 416 g/mol. The molecule has 0 aliphatic rings. The monoisotopic (exact) mass is 442 g/mol. The number of fused-ring (bicyclic) bond motifs is 1. The lowest BCUT2D eigenvalue weighted by molar-refractivity contribution is 0.0920. The van der Waals surface area contributed by atoms with Crippen LogP contribution in [0.25, 0.3) is 22.3 Å². The predicted molar refractivity (Wildman–Crippen MR) is 130 cm³/mol. The first-order valence-electron chi connectivity index (χ1n) is 10.9. The van der Waals surface area contributed by atoms with Gasteiger partial charge in [-0.2, -0.15) is 0 Å². The summed E-state index contributed by atoms with van der Waals surface area (Å²) >= 11 is 0. The number of aryl methyl sites for hydroxylation is 3. The molecule has 168 valence electrons. The summed E-state index contributed by atoms with van der Waals surface area (Å²) in [4.78, 5) is 26.2. The fourth-order valence-electron chi connectivity index (χ4n) is 3.58. The molecule has 0 fully saturated rings. The fraction of sp³-hybridized carbons (Fsp3) is 0.214. The van der Waals surface area contributed by atoms with Crippen molar-refractivity contribution in [3.05, 3.63) is 93.1 Å². The molecule has 0 aliphatic carbocycles. The second-order valence-corrected chi connectivity index (χ2v) is 8.06. The van der Waals surface area contributed by atoms with Crippen LogP contribution in [0.1, 0.15) is 34.0 Å². The molecule has 0 saturated heterocycles. The first-order chi connectivity index (χ1) is 15.9. The van der Waals surface area contributed by atoms with Gasteiger partial charge in [-0.15, -0.1) is 0 Å². The van der Waals surface area contributed by atoms with Gasteiger partial charge in [0.05, 0.1) is 12.0 Å². The number of carbonyl (C=O) groups is 1. The fourth-order valence-corrected chi connectivity index (χ4v) is 3.58. The van der Waals surface area contributed by atoms with E-state index < -0.39 is 0 Å². The highest BCUT2D eigenvalue weighted by atomic mass is 16.5. The molecular formula is C28H26O5. The zero-order valence-corrected chi connectivity index (χ0v) is 19.2. The molecule has 0 unspecified atom stereocenters. The van der Waals surface area contributed by atoms with Crippen LogP contribution in [0.2, 0.25) is 0 Å². The third-order valence-electron chi connectivity index (χ3n) is 5.61. The van der Waals surface area contributed by atoms with Gasteiger partial charge in [-0.1, -0.05) is 29.8 Å². The van der Waals surface area contributed by atoms with Gasteiger partial charge in [0.15, 0.2) is 18.2 Å². The Kier molecular flexibility index (Phi) is 6.31. The Morgan fingerprint density at radius 2 is 1.55 bits per heavy atom. The van der Waals surface area contributed by atoms with Crippen LogP contribution in [0.3, 0.4) is 0 Å². The SMILES string of the molecule is CCOc1ccc(C(=O)COc2c(-c3ccc(C)cc3)oc3cc(C)c(C)cc3c2=O)cc1. The summed E-state index contributed by atoms with van der Waals surface area (Å²) in [6, 6.07) is 18.1. The van der Waals surface area contributed by atoms with Crippen molar-refractivity contribution in [2.45, 2.75) is 27.7 Å². The third kappa shape index (κ3) is 4.67. The quantitative estimate of drug-likeness (QED) is 0.326. The summed E-state index contributed by atoms with van der Waals surface area (Å²) in [5.74, 6) is 0.800. The Morgan fingerprint density at radius 1 is 0.879 bits per heavy atom. The van der Waals surface area contributed by atoms with Crippen LogP contribution in [0.5, 0.6) is 11.5 Å². The number of ketones is 1. The molecule has 3 aromatic carbocycles. The normalized spacial score (nSPS) is 10.9. The average molecular weight is 443 g/mol. The van der Waals surface area contributed by atoms with Crippen molar-refractivity contribution in [1.82, 2.24) is 0 Å². The van der Waals surface area contributed by atoms with E-state index in [1.54, 1.807) is 30.3 Å². The van der Waals surface area contributed by atoms with Gasteiger partial charge in [-0.25, -0.2) is 0 Å². The summed E-state index contributed by atoms with van der Waals surface area (Å²) in [5.41, 5.74) is 4.47. The minimum Gasteiger partial charge on any atom is -0.494 e. The summed E-state index contributed by atoms with van der Waals surface area (Å²) in [6.07, 6.45) is 0. The molecule has 0 saturated carbocycles. The molecule has 5 heteroatoms. The van der Waals surface area contributed by atoms with E-state index in [-0.39, 0.29) is 23.6 Å². The first-order valence-corrected chi connectivity index (χ1v) is 10.9. The number of benzene rings is 3. The number of carbonyl (C=O) groups excluding carboxylic acids is 1. The van der Waals surface area contributed by atoms with Gasteiger partial charge < -0.3 is 13.9 Å². The van der Waals surface area contributed by atoms with Gasteiger partial charge in [-0.3, -0.25) is 9.59 Å². The van der Waals surface area contributed by atoms with Crippen LogP contribution >= 0.6 is 0 Å². The van der Waals surface area contributed by atoms with Crippen molar-refractivity contribution in [3.8, 4) is 22.8 Å². The van der Waals surface area contributed by atoms with Gasteiger partial charge in [0, 0.05) is 11.1 Å². The molecule has 0 radical (unpaired) electrons. The van der Waals surface area contributed by atoms with E-state index in [4.69, 9.17) is 13.9 Å². The standard InChI is InChI=1S/C28H26O5/c1-5-31-22-12-10-20(11-13-22)24(29)16-32-28-26(30)23-14-18(3)19(4)15-25(23)33-27(28)21-8-6-17(2)7-9-21/h6-15H,5,16H2,1-4H3. The summed E-state index contributed by atoms with van der Waals surface area (Å²) < 4.78 is 17.4. The largest absolute Gasteiger partial charge is 0.494 e. The highest BCUT2D eigenvalue weighted by Gasteiger charge is 2.20. The molecule has 4 aromatic rings. The number of hydrogen-bond acceptors (Lipinski definition) is 5. The molecule has 5 nitrogen and oxygen atoms in total. The van der Waals surface area contributed by atoms with E-state index in [9.17, 15) is 9.59 Å². The molecule has 0 N–H and O–H groups in total. The highest BCUT2D eigenvalue weighted by Crippen LogP contribution is 2.32. The van der Waals surface area contributed by atoms with Crippen LogP contribution in [0, 0.1) is 20.8 Å². The van der Waals surface area contributed by atoms with Crippen molar-refractivity contribution < 1.29 is 18.7 Å². The molecule has 4 rings (SSSR count). The van der Waals surface area contributed by atoms with Crippen molar-refractivity contribution >= 4 is 16.8 Å². The van der Waals surface area contributed by atoms with Crippen molar-refractivity contribution in [1.29, 1.82) is 0 Å². The van der Waals surface area contributed by atoms with Crippen molar-refractivity contribution in [2.75, 3.05) is 13.2 Å². The molecule has 0 atom stereocenters. The minimum absolute atomic E-state index is 0.0360. The molecule has 1 aromatic heterocycles. The maximum atomic E-state index is 13.4. The molecule has 33 heavy (non-hydrogen) atoms. The summed E-state index contributed by atoms with van der Waals surface area (Å²) in [7, 11) is 0. The van der Waals surface area contributed by atoms with Crippen LogP contribution in [0.15, 0.2) is 69.9 Å². The first kappa shape index (κ1) is 22.3. The van der Waals surface area contributed by atoms with E-state index in [0.717, 1.165) is 16.7 Å². The number of rotatable bonds is 7. The molecule has 0 bridgehead atoms. The number of Topliss-reactive ketones (excluding diaryl/α,β-unsaturated/α-hetero) is 1. The van der Waals surface area contributed by atoms with Gasteiger partial charge in [0.2, 0.25) is 11.2 Å². The predicted octanol–water partition coefficient (Wildman–Crippen LogP) is 6.05. The lowest BCUT2D eigenvalue weighted by Gasteiger charge is -2.13. The second-order valence-electron chi connectivity index (χ2n) is 8.06. The maximum Gasteiger partial charge on any atom is 0.235 e. The van der Waals surface area contributed by atoms with Crippen LogP contribution < -0.4 is 14.9 Å². The summed E-state index contributed by atoms with van der Waals surface area (Å²) in [5, 5.41) is 0.428. The van der Waals surface area contributed by atoms with Gasteiger partial charge in [0.25, 0.3) is 0 Å². The van der Waals surface area contributed by atoms with Crippen LogP contribution in [-0.2, 0) is 0 Å². The molecule has 0 amide bonds. The van der Waals surface area contributed by atoms with Crippen molar-refractivity contribution in [2.24, 2.45) is 0 Å². The van der Waals surface area contributed by atoms with Crippen LogP contribution in [0.4, 0.5) is 0 Å². The van der Waals surface area contributed by atoms with Gasteiger partial charge in [-0.05, 0) is 75.2 Å². The smallest absolute Gasteiger partial charge is 0.235 e. The Hall–Kier alpha value is -3.86. The Labute approximate surface area is 192 Å². The topological polar surface area (TPSA) is 65.7 Å². The van der Waals surface area contributed by atoms with E-state index in [2.05, 4.69) is 0 Å². The Morgan fingerprint density at radius 3 is 2.21 bits per heavy atom. The van der Waals surface area contributed by atoms with Gasteiger partial charge in [0.1, 0.15) is 11.3 Å². The van der Waals surface area contributed by atoms with E-state index in [1.165, 1.54) is 0 Å². The Balaban J connectivity index is 1.73. The number of hydrogen-bond donors (Lipinski definition) is 0. The Bertz CT molecular complexity index is 1360. The van der Waals surface area contributed by atoms with E-state index in [0.29, 0.717) is 40.2 Å². The van der Waals surface area contributed by atoms with Crippen molar-refractivity contribution in [3.63, 3.8) is 0 Å². The highest BCUT2D eigenvalue weighted by molar-refractivity contribution is 5.97. The molecule has 0 spiro atoms. The van der Waals surface area contributed by atoms with E-state index >= 15 is 0 Å². The zero-order chi connectivity index (χ0) is 23.5. The molecule has 0 aliphatic heterocycles. The maximum absolute atomic E-state index is 13.4. The zero-order valence-electron chi connectivity index (χ0n) is 19.2. The summed E-state index contributed by atoms with van der Waals surface area (Å²) in [6.45, 7) is 8.07. The number of ether oxygens (including phenoxy) is 2. The average Bonchev–Trinajstić information content (AvgIpc) is 2.81. The lowest BCUT2D eigenvalue weighted by Crippen LogP contribution is -2.17. The van der Waals surface area contributed by atoms with E-state index in [1.807, 2.05) is 58.0 Å². The van der Waals surface area contributed by atoms with Gasteiger partial charge >= 0.3 is 0 Å². The lowest BCUT2D eigenvalue weighted by atomic mass is 10.0. The second kappa shape index (κ2) is 9.33. The van der Waals surface area contributed by atoms with Crippen LogP contribution in [-0.4, -0.2) is 19.0 Å². The molecule has 1 heterocycles.